The van der Waals surface area contributed by atoms with Gasteiger partial charge in [-0.1, -0.05) is 27.7 Å². The van der Waals surface area contributed by atoms with Crippen molar-refractivity contribution in [2.24, 2.45) is 23.7 Å². The first kappa shape index (κ1) is 45.3. The molecule has 19 atom stereocenters. The van der Waals surface area contributed by atoms with E-state index < -0.39 is 125 Å². The number of methoxy groups -OCH3 is 1. The second-order valence-electron chi connectivity index (χ2n) is 17.2. The Hall–Kier alpha value is -1.05. The number of carbonyl (C=O) groups is 1. The van der Waals surface area contributed by atoms with Gasteiger partial charge in [-0.2, -0.15) is 0 Å². The Balaban J connectivity index is 2.19. The van der Waals surface area contributed by atoms with E-state index in [1.807, 2.05) is 0 Å². The maximum absolute atomic E-state index is 14.1. The molecule has 306 valence electrons. The highest BCUT2D eigenvalue weighted by Gasteiger charge is 2.54. The standard InChI is InChI=1S/C37H69NO14/c1-14-25-37(10,45)30(41)20(4)27(39)18(2)16-35(8,44)32(52-34-28(40)24(38(11,12)46)15-19(3)48-34)21(5)29(22(6)33(43)50-25)51-26-17-36(9,47-13)31(42)23(7)49-26/h18-32,34,39-42,44-45H,14-17H2,1-13H3/t18-,19-,20+,21+,22-,23+,24+,25-,26+,27+,28-,29+,30-,31+,32-,34+,35?,36-,37-/m1/s1. The Bertz CT molecular complexity index is 1170. The molecule has 15 nitrogen and oxygen atoms in total. The second kappa shape index (κ2) is 17.0. The van der Waals surface area contributed by atoms with Gasteiger partial charge < -0.3 is 68.9 Å². The van der Waals surface area contributed by atoms with Crippen LogP contribution in [-0.2, 0) is 33.2 Å². The average molecular weight is 752 g/mol. The van der Waals surface area contributed by atoms with Crippen LogP contribution in [0.4, 0.5) is 0 Å². The van der Waals surface area contributed by atoms with Crippen LogP contribution in [0.15, 0.2) is 0 Å². The minimum absolute atomic E-state index is 0.0711. The molecule has 0 radical (unpaired) electrons. The number of carbonyl (C=O) groups excluding carboxylic acids is 1. The zero-order chi connectivity index (χ0) is 39.9. The van der Waals surface area contributed by atoms with Crippen molar-refractivity contribution in [3.8, 4) is 0 Å². The lowest BCUT2D eigenvalue weighted by atomic mass is 9.73. The van der Waals surface area contributed by atoms with Gasteiger partial charge in [0.1, 0.15) is 23.9 Å². The number of aliphatic hydroxyl groups is 6. The fourth-order valence-electron chi connectivity index (χ4n) is 8.69. The summed E-state index contributed by atoms with van der Waals surface area (Å²) in [6.07, 6.45) is -11.9. The summed E-state index contributed by atoms with van der Waals surface area (Å²) in [5.41, 5.74) is -4.84. The van der Waals surface area contributed by atoms with Crippen molar-refractivity contribution in [3.05, 3.63) is 5.21 Å². The normalized spacial score (nSPS) is 50.7. The van der Waals surface area contributed by atoms with E-state index in [2.05, 4.69) is 0 Å². The number of hydrogen-bond donors (Lipinski definition) is 6. The Morgan fingerprint density at radius 2 is 1.48 bits per heavy atom. The number of quaternary nitrogens is 1. The first-order valence-corrected chi connectivity index (χ1v) is 18.8. The molecule has 3 heterocycles. The first-order chi connectivity index (χ1) is 23.7. The SMILES string of the molecule is CC[C@H]1OC(=O)[C@H](C)[C@@H](O[C@H]2C[C@@](C)(OC)[C@@H](O)[C@H](C)O2)[C@H](C)[C@@H](O[C@@H]2O[C@H](C)C[C@H]([N+](C)(C)[O-])[C@H]2O)C(C)(O)C[C@@H](C)[C@H](O)[C@H](C)[C@@H](O)[C@]1(C)O. The lowest BCUT2D eigenvalue weighted by Gasteiger charge is -2.51. The van der Waals surface area contributed by atoms with Gasteiger partial charge in [-0.3, -0.25) is 4.79 Å². The molecule has 3 fully saturated rings. The number of esters is 1. The largest absolute Gasteiger partial charge is 0.633 e. The number of aliphatic hydroxyl groups excluding tert-OH is 4. The Morgan fingerprint density at radius 1 is 0.885 bits per heavy atom. The van der Waals surface area contributed by atoms with E-state index in [9.17, 15) is 40.6 Å². The van der Waals surface area contributed by atoms with Crippen molar-refractivity contribution in [1.29, 1.82) is 0 Å². The van der Waals surface area contributed by atoms with Gasteiger partial charge in [0.05, 0.1) is 67.8 Å². The molecule has 3 aliphatic heterocycles. The molecule has 1 unspecified atom stereocenters. The summed E-state index contributed by atoms with van der Waals surface area (Å²) in [7, 11) is 4.32. The van der Waals surface area contributed by atoms with Gasteiger partial charge >= 0.3 is 5.97 Å². The van der Waals surface area contributed by atoms with Crippen molar-refractivity contribution < 1.29 is 68.5 Å². The van der Waals surface area contributed by atoms with E-state index in [1.54, 1.807) is 55.4 Å². The van der Waals surface area contributed by atoms with Crippen LogP contribution in [0.1, 0.15) is 94.9 Å². The second-order valence-corrected chi connectivity index (χ2v) is 17.2. The van der Waals surface area contributed by atoms with Crippen LogP contribution >= 0.6 is 0 Å². The molecule has 3 rings (SSSR count). The topological polar surface area (TPSA) is 217 Å². The highest BCUT2D eigenvalue weighted by molar-refractivity contribution is 5.73. The molecule has 0 aromatic carbocycles. The lowest BCUT2D eigenvalue weighted by molar-refractivity contribution is -0.874. The molecule has 52 heavy (non-hydrogen) atoms. The number of rotatable bonds is 7. The molecule has 0 saturated carbocycles. The molecule has 0 bridgehead atoms. The highest BCUT2D eigenvalue weighted by atomic mass is 16.7. The average Bonchev–Trinajstić information content (AvgIpc) is 3.05. The van der Waals surface area contributed by atoms with Gasteiger partial charge in [-0.25, -0.2) is 0 Å². The van der Waals surface area contributed by atoms with E-state index >= 15 is 0 Å². The zero-order valence-corrected chi connectivity index (χ0v) is 33.5. The Morgan fingerprint density at radius 3 is 2.02 bits per heavy atom. The minimum Gasteiger partial charge on any atom is -0.633 e. The third-order valence-corrected chi connectivity index (χ3v) is 12.2. The first-order valence-electron chi connectivity index (χ1n) is 18.8. The van der Waals surface area contributed by atoms with E-state index in [0.717, 1.165) is 0 Å². The molecule has 6 N–H and O–H groups in total. The van der Waals surface area contributed by atoms with Crippen molar-refractivity contribution >= 4 is 5.97 Å². The van der Waals surface area contributed by atoms with Crippen molar-refractivity contribution in [2.45, 2.75) is 185 Å². The summed E-state index contributed by atoms with van der Waals surface area (Å²) in [5, 5.41) is 82.4. The van der Waals surface area contributed by atoms with E-state index in [0.29, 0.717) is 0 Å². The molecule has 0 aromatic heterocycles. The highest BCUT2D eigenvalue weighted by Crippen LogP contribution is 2.41. The van der Waals surface area contributed by atoms with Crippen molar-refractivity contribution in [3.63, 3.8) is 0 Å². The van der Waals surface area contributed by atoms with E-state index in [1.165, 1.54) is 35.1 Å². The third kappa shape index (κ3) is 9.66. The van der Waals surface area contributed by atoms with Crippen LogP contribution < -0.4 is 0 Å². The maximum Gasteiger partial charge on any atom is 0.311 e. The van der Waals surface area contributed by atoms with Crippen LogP contribution in [0.3, 0.4) is 0 Å². The fraction of sp³-hybridized carbons (Fsp3) is 0.973. The smallest absolute Gasteiger partial charge is 0.311 e. The van der Waals surface area contributed by atoms with Gasteiger partial charge in [0.15, 0.2) is 18.7 Å². The molecule has 0 aromatic rings. The molecule has 3 aliphatic rings. The van der Waals surface area contributed by atoms with Crippen molar-refractivity contribution in [1.82, 2.24) is 0 Å². The van der Waals surface area contributed by atoms with Gasteiger partial charge in [0.2, 0.25) is 0 Å². The van der Waals surface area contributed by atoms with Gasteiger partial charge in [0, 0.05) is 31.8 Å². The molecule has 0 aliphatic carbocycles. The summed E-state index contributed by atoms with van der Waals surface area (Å²) in [6, 6.07) is -0.814. The summed E-state index contributed by atoms with van der Waals surface area (Å²) in [5.74, 6) is -4.36. The predicted molar refractivity (Wildman–Crippen MR) is 189 cm³/mol. The van der Waals surface area contributed by atoms with Crippen LogP contribution in [0.2, 0.25) is 0 Å². The van der Waals surface area contributed by atoms with Gasteiger partial charge in [0.25, 0.3) is 0 Å². The number of hydrogen-bond acceptors (Lipinski definition) is 14. The Kier molecular flexibility index (Phi) is 14.8. The maximum atomic E-state index is 14.1. The summed E-state index contributed by atoms with van der Waals surface area (Å²) < 4.78 is 36.1. The minimum atomic E-state index is -1.96. The zero-order valence-electron chi connectivity index (χ0n) is 33.5. The molecule has 0 spiro atoms. The molecule has 3 saturated heterocycles. The predicted octanol–water partition coefficient (Wildman–Crippen LogP) is 1.59. The molecule has 0 amide bonds. The summed E-state index contributed by atoms with van der Waals surface area (Å²) in [4.78, 5) is 14.1. The van der Waals surface area contributed by atoms with Crippen LogP contribution in [0.25, 0.3) is 0 Å². The fourth-order valence-corrected chi connectivity index (χ4v) is 8.69. The summed E-state index contributed by atoms with van der Waals surface area (Å²) >= 11 is 0. The number of likely N-dealkylation sites (N-methyl/N-ethyl adjacent to an activating group) is 1. The number of cyclic esters (lactones) is 1. The van der Waals surface area contributed by atoms with Crippen LogP contribution in [0, 0.1) is 28.9 Å². The third-order valence-electron chi connectivity index (χ3n) is 12.2. The van der Waals surface area contributed by atoms with E-state index in [4.69, 9.17) is 28.4 Å². The van der Waals surface area contributed by atoms with Gasteiger partial charge in [-0.05, 0) is 60.3 Å². The van der Waals surface area contributed by atoms with Crippen LogP contribution in [0.5, 0.6) is 0 Å². The number of nitrogens with zero attached hydrogens (tertiary/aromatic N) is 1. The summed E-state index contributed by atoms with van der Waals surface area (Å²) in [6.45, 7) is 16.3. The van der Waals surface area contributed by atoms with E-state index in [-0.39, 0.29) is 25.7 Å². The monoisotopic (exact) mass is 751 g/mol. The van der Waals surface area contributed by atoms with Crippen molar-refractivity contribution in [2.75, 3.05) is 21.2 Å². The lowest BCUT2D eigenvalue weighted by Crippen LogP contribution is -2.63. The Labute approximate surface area is 309 Å². The molecular weight excluding hydrogens is 682 g/mol. The molecule has 15 heteroatoms. The van der Waals surface area contributed by atoms with Gasteiger partial charge in [-0.15, -0.1) is 0 Å². The molecular formula is C37H69NO14. The van der Waals surface area contributed by atoms with Crippen LogP contribution in [-0.4, -0.2) is 153 Å². The quantitative estimate of drug-likeness (QED) is 0.124. The number of hydroxylamine groups is 3. The number of ether oxygens (including phenoxy) is 6.